The number of para-hydroxylation sites is 1. The molecule has 0 atom stereocenters. The van der Waals surface area contributed by atoms with Gasteiger partial charge in [-0.3, -0.25) is 0 Å². The summed E-state index contributed by atoms with van der Waals surface area (Å²) >= 11 is 0. The van der Waals surface area contributed by atoms with E-state index in [1.165, 1.54) is 0 Å². The van der Waals surface area contributed by atoms with E-state index in [1.54, 1.807) is 17.2 Å². The molecule has 0 aliphatic heterocycles. The number of benzene rings is 1. The van der Waals surface area contributed by atoms with Crippen LogP contribution in [0.2, 0.25) is 0 Å². The molecular weight excluding hydrogens is 266 g/mol. The van der Waals surface area contributed by atoms with E-state index in [0.717, 1.165) is 11.3 Å². The van der Waals surface area contributed by atoms with E-state index in [2.05, 4.69) is 20.4 Å². The zero-order valence-corrected chi connectivity index (χ0v) is 11.6. The van der Waals surface area contributed by atoms with Crippen LogP contribution in [0.5, 0.6) is 11.9 Å². The maximum absolute atomic E-state index is 5.67. The summed E-state index contributed by atoms with van der Waals surface area (Å²) in [7, 11) is 1.87. The van der Waals surface area contributed by atoms with Gasteiger partial charge in [0.1, 0.15) is 6.33 Å². The molecule has 21 heavy (non-hydrogen) atoms. The maximum atomic E-state index is 5.67. The molecule has 0 amide bonds. The highest BCUT2D eigenvalue weighted by Crippen LogP contribution is 2.20. The summed E-state index contributed by atoms with van der Waals surface area (Å²) < 4.78 is 7.33. The Labute approximate surface area is 122 Å². The van der Waals surface area contributed by atoms with Gasteiger partial charge in [-0.05, 0) is 25.2 Å². The van der Waals surface area contributed by atoms with Gasteiger partial charge >= 0.3 is 6.01 Å². The standard InChI is InChI=1S/C15H15N5O/c1-16-10-12-6-5-9-17-14(12)21-15-18-11-20(19-15)13-7-3-2-4-8-13/h2-9,11,16H,10H2,1H3. The minimum atomic E-state index is 0.273. The second-order valence-corrected chi connectivity index (χ2v) is 4.41. The summed E-state index contributed by atoms with van der Waals surface area (Å²) in [6.45, 7) is 0.669. The van der Waals surface area contributed by atoms with Crippen LogP contribution in [0, 0.1) is 0 Å². The normalized spacial score (nSPS) is 10.5. The molecule has 1 N–H and O–H groups in total. The fraction of sp³-hybridized carbons (Fsp3) is 0.133. The van der Waals surface area contributed by atoms with Crippen molar-refractivity contribution in [2.75, 3.05) is 7.05 Å². The van der Waals surface area contributed by atoms with Gasteiger partial charge in [0.15, 0.2) is 0 Å². The lowest BCUT2D eigenvalue weighted by Crippen LogP contribution is -2.07. The fourth-order valence-electron chi connectivity index (χ4n) is 1.93. The molecule has 3 rings (SSSR count). The van der Waals surface area contributed by atoms with E-state index in [1.807, 2.05) is 49.5 Å². The Bertz CT molecular complexity index is 711. The van der Waals surface area contributed by atoms with E-state index < -0.39 is 0 Å². The summed E-state index contributed by atoms with van der Waals surface area (Å²) in [5.41, 5.74) is 1.88. The molecule has 2 aromatic heterocycles. The molecule has 0 saturated carbocycles. The number of ether oxygens (including phenoxy) is 1. The monoisotopic (exact) mass is 281 g/mol. The van der Waals surface area contributed by atoms with Crippen LogP contribution in [0.1, 0.15) is 5.56 Å². The largest absolute Gasteiger partial charge is 0.404 e. The number of hydrogen-bond acceptors (Lipinski definition) is 5. The number of nitrogens with zero attached hydrogens (tertiary/aromatic N) is 4. The smallest absolute Gasteiger partial charge is 0.342 e. The number of aromatic nitrogens is 4. The highest BCUT2D eigenvalue weighted by Gasteiger charge is 2.09. The highest BCUT2D eigenvalue weighted by molar-refractivity contribution is 5.30. The number of nitrogens with one attached hydrogen (secondary N) is 1. The Morgan fingerprint density at radius 2 is 1.95 bits per heavy atom. The molecule has 0 radical (unpaired) electrons. The van der Waals surface area contributed by atoms with E-state index in [4.69, 9.17) is 4.74 Å². The summed E-state index contributed by atoms with van der Waals surface area (Å²) in [6, 6.07) is 13.8. The third-order valence-electron chi connectivity index (χ3n) is 2.90. The minimum Gasteiger partial charge on any atom is -0.404 e. The second-order valence-electron chi connectivity index (χ2n) is 4.41. The summed E-state index contributed by atoms with van der Waals surface area (Å²) in [6.07, 6.45) is 3.30. The van der Waals surface area contributed by atoms with Gasteiger partial charge in [-0.2, -0.15) is 4.98 Å². The molecular formula is C15H15N5O. The molecule has 0 fully saturated rings. The SMILES string of the molecule is CNCc1cccnc1Oc1ncn(-c2ccccc2)n1. The summed E-state index contributed by atoms with van der Waals surface area (Å²) in [5.74, 6) is 0.512. The van der Waals surface area contributed by atoms with Crippen LogP contribution in [0.15, 0.2) is 55.0 Å². The van der Waals surface area contributed by atoms with Crippen molar-refractivity contribution < 1.29 is 4.74 Å². The van der Waals surface area contributed by atoms with Gasteiger partial charge in [0.2, 0.25) is 5.88 Å². The molecule has 0 aliphatic carbocycles. The molecule has 0 aliphatic rings. The summed E-state index contributed by atoms with van der Waals surface area (Å²) in [4.78, 5) is 8.38. The van der Waals surface area contributed by atoms with Crippen LogP contribution in [0.4, 0.5) is 0 Å². The van der Waals surface area contributed by atoms with E-state index in [-0.39, 0.29) is 6.01 Å². The van der Waals surface area contributed by atoms with Gasteiger partial charge in [-0.25, -0.2) is 9.67 Å². The first-order valence-corrected chi connectivity index (χ1v) is 6.60. The van der Waals surface area contributed by atoms with Gasteiger partial charge in [-0.15, -0.1) is 5.10 Å². The van der Waals surface area contributed by atoms with Crippen LogP contribution < -0.4 is 10.1 Å². The Morgan fingerprint density at radius 3 is 2.76 bits per heavy atom. The first-order chi connectivity index (χ1) is 10.4. The Morgan fingerprint density at radius 1 is 1.10 bits per heavy atom. The van der Waals surface area contributed by atoms with Crippen LogP contribution in [-0.2, 0) is 6.54 Å². The van der Waals surface area contributed by atoms with Gasteiger partial charge < -0.3 is 10.1 Å². The average Bonchev–Trinajstić information content (AvgIpc) is 2.99. The third kappa shape index (κ3) is 3.06. The second kappa shape index (κ2) is 6.15. The molecule has 6 nitrogen and oxygen atoms in total. The van der Waals surface area contributed by atoms with Crippen molar-refractivity contribution in [1.29, 1.82) is 0 Å². The topological polar surface area (TPSA) is 64.9 Å². The molecule has 6 heteroatoms. The van der Waals surface area contributed by atoms with Gasteiger partial charge in [-0.1, -0.05) is 24.3 Å². The zero-order valence-electron chi connectivity index (χ0n) is 11.6. The predicted octanol–water partition coefficient (Wildman–Crippen LogP) is 2.17. The first-order valence-electron chi connectivity index (χ1n) is 6.60. The molecule has 106 valence electrons. The van der Waals surface area contributed by atoms with Crippen molar-refractivity contribution in [2.45, 2.75) is 6.54 Å². The number of pyridine rings is 1. The Balaban J connectivity index is 1.82. The van der Waals surface area contributed by atoms with Crippen molar-refractivity contribution in [3.8, 4) is 17.6 Å². The lowest BCUT2D eigenvalue weighted by molar-refractivity contribution is 0.418. The highest BCUT2D eigenvalue weighted by atomic mass is 16.5. The lowest BCUT2D eigenvalue weighted by atomic mass is 10.3. The van der Waals surface area contributed by atoms with Gasteiger partial charge in [0.05, 0.1) is 5.69 Å². The van der Waals surface area contributed by atoms with Crippen molar-refractivity contribution in [1.82, 2.24) is 25.1 Å². The molecule has 0 unspecified atom stereocenters. The predicted molar refractivity (Wildman–Crippen MR) is 78.4 cm³/mol. The fourth-order valence-corrected chi connectivity index (χ4v) is 1.93. The molecule has 0 saturated heterocycles. The number of hydrogen-bond donors (Lipinski definition) is 1. The van der Waals surface area contributed by atoms with E-state index in [0.29, 0.717) is 12.4 Å². The first kappa shape index (κ1) is 13.3. The maximum Gasteiger partial charge on any atom is 0.342 e. The van der Waals surface area contributed by atoms with Crippen molar-refractivity contribution in [3.05, 3.63) is 60.6 Å². The lowest BCUT2D eigenvalue weighted by Gasteiger charge is -2.06. The number of rotatable bonds is 5. The van der Waals surface area contributed by atoms with Crippen LogP contribution in [-0.4, -0.2) is 26.8 Å². The van der Waals surface area contributed by atoms with Crippen molar-refractivity contribution in [2.24, 2.45) is 0 Å². The molecule has 1 aromatic carbocycles. The van der Waals surface area contributed by atoms with Crippen LogP contribution in [0.3, 0.4) is 0 Å². The minimum absolute atomic E-state index is 0.273. The van der Waals surface area contributed by atoms with E-state index >= 15 is 0 Å². The van der Waals surface area contributed by atoms with Crippen molar-refractivity contribution in [3.63, 3.8) is 0 Å². The molecule has 3 aromatic rings. The molecule has 2 heterocycles. The third-order valence-corrected chi connectivity index (χ3v) is 2.90. The van der Waals surface area contributed by atoms with E-state index in [9.17, 15) is 0 Å². The van der Waals surface area contributed by atoms with Crippen molar-refractivity contribution >= 4 is 0 Å². The van der Waals surface area contributed by atoms with Gasteiger partial charge in [0, 0.05) is 18.3 Å². The Hall–Kier alpha value is -2.73. The quantitative estimate of drug-likeness (QED) is 0.776. The molecule has 0 bridgehead atoms. The van der Waals surface area contributed by atoms with Crippen LogP contribution in [0.25, 0.3) is 5.69 Å². The van der Waals surface area contributed by atoms with Crippen LogP contribution >= 0.6 is 0 Å². The zero-order chi connectivity index (χ0) is 14.5. The Kier molecular flexibility index (Phi) is 3.88. The average molecular weight is 281 g/mol. The summed E-state index contributed by atoms with van der Waals surface area (Å²) in [5, 5.41) is 7.38. The molecule has 0 spiro atoms. The van der Waals surface area contributed by atoms with Gasteiger partial charge in [0.25, 0.3) is 0 Å².